The van der Waals surface area contributed by atoms with Crippen LogP contribution in [0.1, 0.15) is 34.1 Å². The van der Waals surface area contributed by atoms with Crippen LogP contribution in [-0.4, -0.2) is 19.6 Å². The van der Waals surface area contributed by atoms with Gasteiger partial charge in [0.2, 0.25) is 0 Å². The highest BCUT2D eigenvalue weighted by Gasteiger charge is 2.18. The number of hydrogen-bond donors (Lipinski definition) is 2. The first-order valence-corrected chi connectivity index (χ1v) is 6.08. The van der Waals surface area contributed by atoms with Crippen LogP contribution in [0, 0.1) is 6.92 Å². The molecule has 0 saturated heterocycles. The van der Waals surface area contributed by atoms with Crippen LogP contribution in [0.15, 0.2) is 0 Å². The molecule has 0 atom stereocenters. The lowest BCUT2D eigenvalue weighted by molar-refractivity contribution is 0.0954. The number of nitrogen functional groups attached to an aromatic ring is 1. The molecule has 0 aromatic carbocycles. The number of nitrogens with one attached hydrogen (secondary N) is 1. The number of rotatable bonds is 5. The van der Waals surface area contributed by atoms with Crippen molar-refractivity contribution in [2.45, 2.75) is 26.9 Å². The summed E-state index contributed by atoms with van der Waals surface area (Å²) in [5.74, 6) is -0.0875. The minimum atomic E-state index is -0.0875. The molecule has 5 heteroatoms. The minimum absolute atomic E-state index is 0.0875. The van der Waals surface area contributed by atoms with E-state index in [1.54, 1.807) is 7.11 Å². The lowest BCUT2D eigenvalue weighted by atomic mass is 10.1. The topological polar surface area (TPSA) is 64.4 Å². The number of nitrogens with two attached hydrogens (primary N) is 1. The molecule has 1 aromatic heterocycles. The predicted molar refractivity (Wildman–Crippen MR) is 66.8 cm³/mol. The number of methoxy groups -OCH3 is 1. The average Bonchev–Trinajstić information content (AvgIpc) is 2.52. The van der Waals surface area contributed by atoms with Crippen LogP contribution in [0.4, 0.5) is 5.00 Å². The van der Waals surface area contributed by atoms with Gasteiger partial charge >= 0.3 is 0 Å². The first-order valence-electron chi connectivity index (χ1n) is 5.26. The van der Waals surface area contributed by atoms with Gasteiger partial charge in [-0.3, -0.25) is 4.79 Å². The number of hydrogen-bond acceptors (Lipinski definition) is 4. The van der Waals surface area contributed by atoms with Crippen LogP contribution in [-0.2, 0) is 11.3 Å². The molecule has 90 valence electrons. The first-order chi connectivity index (χ1) is 7.61. The molecule has 1 amide bonds. The monoisotopic (exact) mass is 242 g/mol. The van der Waals surface area contributed by atoms with Crippen LogP contribution in [0.3, 0.4) is 0 Å². The van der Waals surface area contributed by atoms with Gasteiger partial charge in [-0.05, 0) is 18.9 Å². The van der Waals surface area contributed by atoms with Crippen molar-refractivity contribution in [1.29, 1.82) is 0 Å². The second-order valence-electron chi connectivity index (χ2n) is 3.58. The summed E-state index contributed by atoms with van der Waals surface area (Å²) in [6.45, 7) is 5.09. The fraction of sp³-hybridized carbons (Fsp3) is 0.545. The molecule has 0 aliphatic carbocycles. The molecule has 3 N–H and O–H groups in total. The van der Waals surface area contributed by atoms with E-state index < -0.39 is 0 Å². The van der Waals surface area contributed by atoms with Gasteiger partial charge in [-0.25, -0.2) is 0 Å². The Bertz CT molecular complexity index is 374. The fourth-order valence-electron chi connectivity index (χ4n) is 1.46. The van der Waals surface area contributed by atoms with E-state index in [1.165, 1.54) is 11.3 Å². The number of carbonyl (C=O) groups excluding carboxylic acids is 1. The van der Waals surface area contributed by atoms with Crippen LogP contribution in [0.2, 0.25) is 0 Å². The van der Waals surface area contributed by atoms with Crippen molar-refractivity contribution in [2.24, 2.45) is 0 Å². The van der Waals surface area contributed by atoms with E-state index in [4.69, 9.17) is 10.5 Å². The molecule has 0 saturated carbocycles. The van der Waals surface area contributed by atoms with E-state index in [1.807, 2.05) is 13.8 Å². The Kier molecular flexibility index (Phi) is 4.76. The summed E-state index contributed by atoms with van der Waals surface area (Å²) in [7, 11) is 1.63. The third kappa shape index (κ3) is 2.74. The molecule has 16 heavy (non-hydrogen) atoms. The first kappa shape index (κ1) is 13.0. The molecule has 0 fully saturated rings. The molecule has 1 aromatic rings. The second-order valence-corrected chi connectivity index (χ2v) is 4.72. The van der Waals surface area contributed by atoms with Gasteiger partial charge in [0.05, 0.1) is 17.2 Å². The molecule has 1 rings (SSSR count). The number of amides is 1. The van der Waals surface area contributed by atoms with Crippen molar-refractivity contribution in [3.8, 4) is 0 Å². The maximum absolute atomic E-state index is 11.8. The van der Waals surface area contributed by atoms with Crippen molar-refractivity contribution in [2.75, 3.05) is 19.4 Å². The summed E-state index contributed by atoms with van der Waals surface area (Å²) >= 11 is 1.42. The molecule has 4 nitrogen and oxygen atoms in total. The van der Waals surface area contributed by atoms with Crippen LogP contribution >= 0.6 is 11.3 Å². The smallest absolute Gasteiger partial charge is 0.254 e. The Morgan fingerprint density at radius 1 is 1.56 bits per heavy atom. The number of ether oxygens (including phenoxy) is 1. The second kappa shape index (κ2) is 5.86. The Balaban J connectivity index is 2.90. The summed E-state index contributed by atoms with van der Waals surface area (Å²) in [4.78, 5) is 12.9. The Hall–Kier alpha value is -1.07. The molecule has 0 radical (unpaired) electrons. The van der Waals surface area contributed by atoms with Crippen molar-refractivity contribution in [3.05, 3.63) is 16.0 Å². The maximum atomic E-state index is 11.8. The van der Waals surface area contributed by atoms with Gasteiger partial charge in [0.1, 0.15) is 0 Å². The van der Waals surface area contributed by atoms with Gasteiger partial charge < -0.3 is 15.8 Å². The average molecular weight is 242 g/mol. The molecule has 0 bridgehead atoms. The van der Waals surface area contributed by atoms with Crippen LogP contribution in [0.5, 0.6) is 0 Å². The summed E-state index contributed by atoms with van der Waals surface area (Å²) in [5.41, 5.74) is 7.38. The van der Waals surface area contributed by atoms with Gasteiger partial charge in [0, 0.05) is 18.5 Å². The van der Waals surface area contributed by atoms with E-state index in [-0.39, 0.29) is 5.91 Å². The lowest BCUT2D eigenvalue weighted by Crippen LogP contribution is -2.25. The summed E-state index contributed by atoms with van der Waals surface area (Å²) < 4.78 is 5.06. The van der Waals surface area contributed by atoms with E-state index >= 15 is 0 Å². The van der Waals surface area contributed by atoms with Crippen LogP contribution < -0.4 is 11.1 Å². The van der Waals surface area contributed by atoms with Gasteiger partial charge in [-0.2, -0.15) is 0 Å². The zero-order valence-corrected chi connectivity index (χ0v) is 10.7. The highest BCUT2D eigenvalue weighted by molar-refractivity contribution is 7.16. The Morgan fingerprint density at radius 2 is 2.25 bits per heavy atom. The fourth-order valence-corrected chi connectivity index (χ4v) is 2.51. The highest BCUT2D eigenvalue weighted by Crippen LogP contribution is 2.30. The zero-order valence-electron chi connectivity index (χ0n) is 9.92. The third-order valence-electron chi connectivity index (χ3n) is 2.31. The van der Waals surface area contributed by atoms with Gasteiger partial charge in [0.15, 0.2) is 0 Å². The number of thiophene rings is 1. The molecular weight excluding hydrogens is 224 g/mol. The third-order valence-corrected chi connectivity index (χ3v) is 3.41. The van der Waals surface area contributed by atoms with Crippen molar-refractivity contribution in [3.63, 3.8) is 0 Å². The standard InChI is InChI=1S/C11H18N2O2S/c1-4-5-13-11(14)9-7(2)8(6-15-3)16-10(9)12/h4-6,12H2,1-3H3,(H,13,14). The lowest BCUT2D eigenvalue weighted by Gasteiger charge is -2.04. The van der Waals surface area contributed by atoms with Gasteiger partial charge in [-0.15, -0.1) is 11.3 Å². The van der Waals surface area contributed by atoms with Gasteiger partial charge in [-0.1, -0.05) is 6.92 Å². The molecule has 0 spiro atoms. The quantitative estimate of drug-likeness (QED) is 0.829. The largest absolute Gasteiger partial charge is 0.390 e. The number of anilines is 1. The van der Waals surface area contributed by atoms with Crippen LogP contribution in [0.25, 0.3) is 0 Å². The molecule has 0 unspecified atom stereocenters. The Morgan fingerprint density at radius 3 is 2.81 bits per heavy atom. The molecule has 0 aliphatic rings. The molecular formula is C11H18N2O2S. The van der Waals surface area contributed by atoms with E-state index in [0.717, 1.165) is 16.9 Å². The number of carbonyl (C=O) groups is 1. The Labute approximate surface area is 99.8 Å². The van der Waals surface area contributed by atoms with E-state index in [9.17, 15) is 4.79 Å². The van der Waals surface area contributed by atoms with Crippen molar-refractivity contribution >= 4 is 22.2 Å². The van der Waals surface area contributed by atoms with Gasteiger partial charge in [0.25, 0.3) is 5.91 Å². The zero-order chi connectivity index (χ0) is 12.1. The summed E-state index contributed by atoms with van der Waals surface area (Å²) in [6, 6.07) is 0. The van der Waals surface area contributed by atoms with E-state index in [2.05, 4.69) is 5.32 Å². The maximum Gasteiger partial charge on any atom is 0.254 e. The normalized spacial score (nSPS) is 10.4. The molecule has 1 heterocycles. The predicted octanol–water partition coefficient (Wildman–Crippen LogP) is 1.92. The highest BCUT2D eigenvalue weighted by atomic mass is 32.1. The summed E-state index contributed by atoms with van der Waals surface area (Å²) in [6.07, 6.45) is 0.916. The van der Waals surface area contributed by atoms with E-state index in [0.29, 0.717) is 23.7 Å². The minimum Gasteiger partial charge on any atom is -0.390 e. The molecule has 0 aliphatic heterocycles. The van der Waals surface area contributed by atoms with Crippen molar-refractivity contribution < 1.29 is 9.53 Å². The summed E-state index contributed by atoms with van der Waals surface area (Å²) in [5, 5.41) is 3.40. The SMILES string of the molecule is CCCNC(=O)c1c(N)sc(COC)c1C. The van der Waals surface area contributed by atoms with Crippen molar-refractivity contribution in [1.82, 2.24) is 5.32 Å².